The molecule has 18 heavy (non-hydrogen) atoms. The average Bonchev–Trinajstić information content (AvgIpc) is 2.21. The molecule has 0 bridgehead atoms. The van der Waals surface area contributed by atoms with Crippen LogP contribution in [0.15, 0.2) is 0 Å². The van der Waals surface area contributed by atoms with E-state index in [2.05, 4.69) is 41.5 Å². The van der Waals surface area contributed by atoms with Gasteiger partial charge >= 0.3 is 0 Å². The Morgan fingerprint density at radius 3 is 2.39 bits per heavy atom. The Hall–Kier alpha value is -0.570. The van der Waals surface area contributed by atoms with E-state index in [9.17, 15) is 4.79 Å². The molecule has 1 amide bonds. The number of piperidine rings is 1. The molecule has 0 aliphatic carbocycles. The van der Waals surface area contributed by atoms with Gasteiger partial charge in [0.05, 0.1) is 0 Å². The lowest BCUT2D eigenvalue weighted by Crippen LogP contribution is -2.51. The molecule has 1 heterocycles. The van der Waals surface area contributed by atoms with Crippen molar-refractivity contribution in [3.8, 4) is 0 Å². The van der Waals surface area contributed by atoms with Crippen LogP contribution >= 0.6 is 0 Å². The molecule has 0 saturated carbocycles. The van der Waals surface area contributed by atoms with Crippen molar-refractivity contribution in [3.05, 3.63) is 0 Å². The summed E-state index contributed by atoms with van der Waals surface area (Å²) in [6, 6.07) is 0.283. The number of hydrogen-bond acceptors (Lipinski definition) is 2. The molecule has 4 unspecified atom stereocenters. The van der Waals surface area contributed by atoms with Crippen LogP contribution in [-0.2, 0) is 4.79 Å². The lowest BCUT2D eigenvalue weighted by Gasteiger charge is -2.42. The number of nitrogens with zero attached hydrogens (tertiary/aromatic N) is 1. The maximum absolute atomic E-state index is 12.4. The molecule has 106 valence electrons. The molecule has 0 aromatic rings. The molecule has 1 saturated heterocycles. The molecule has 0 radical (unpaired) electrons. The second kappa shape index (κ2) is 5.60. The number of carbonyl (C=O) groups excluding carboxylic acids is 1. The number of carbonyl (C=O) groups is 1. The molecule has 3 nitrogen and oxygen atoms in total. The largest absolute Gasteiger partial charge is 0.339 e. The molecule has 1 aliphatic rings. The van der Waals surface area contributed by atoms with E-state index in [1.165, 1.54) is 6.42 Å². The van der Waals surface area contributed by atoms with Gasteiger partial charge in [-0.25, -0.2) is 0 Å². The van der Waals surface area contributed by atoms with Crippen molar-refractivity contribution in [2.75, 3.05) is 6.54 Å². The van der Waals surface area contributed by atoms with Crippen LogP contribution in [-0.4, -0.2) is 29.4 Å². The Bertz CT molecular complexity index is 295. The van der Waals surface area contributed by atoms with Crippen molar-refractivity contribution >= 4 is 5.91 Å². The fourth-order valence-corrected chi connectivity index (χ4v) is 2.66. The fraction of sp³-hybridized carbons (Fsp3) is 0.933. The van der Waals surface area contributed by atoms with E-state index >= 15 is 0 Å². The summed E-state index contributed by atoms with van der Waals surface area (Å²) in [5.41, 5.74) is 6.12. The molecular weight excluding hydrogens is 224 g/mol. The van der Waals surface area contributed by atoms with Crippen LogP contribution in [0.5, 0.6) is 0 Å². The number of hydrogen-bond donors (Lipinski definition) is 1. The third-order valence-corrected chi connectivity index (χ3v) is 4.42. The highest BCUT2D eigenvalue weighted by Gasteiger charge is 2.33. The molecule has 1 fully saturated rings. The minimum atomic E-state index is -0.0651. The summed E-state index contributed by atoms with van der Waals surface area (Å²) >= 11 is 0. The van der Waals surface area contributed by atoms with E-state index < -0.39 is 0 Å². The van der Waals surface area contributed by atoms with Gasteiger partial charge in [-0.05, 0) is 30.6 Å². The number of amides is 1. The second-order valence-electron chi connectivity index (χ2n) is 7.28. The summed E-state index contributed by atoms with van der Waals surface area (Å²) in [7, 11) is 0. The lowest BCUT2D eigenvalue weighted by molar-refractivity contribution is -0.138. The van der Waals surface area contributed by atoms with E-state index in [0.717, 1.165) is 6.54 Å². The van der Waals surface area contributed by atoms with Crippen LogP contribution < -0.4 is 5.73 Å². The van der Waals surface area contributed by atoms with Gasteiger partial charge in [0.25, 0.3) is 0 Å². The number of nitrogens with two attached hydrogens (primary N) is 1. The lowest BCUT2D eigenvalue weighted by atomic mass is 9.83. The van der Waals surface area contributed by atoms with Crippen molar-refractivity contribution in [1.82, 2.24) is 4.90 Å². The van der Waals surface area contributed by atoms with E-state index in [4.69, 9.17) is 5.73 Å². The first kappa shape index (κ1) is 15.5. The molecular formula is C15H30N2O. The topological polar surface area (TPSA) is 46.3 Å². The summed E-state index contributed by atoms with van der Waals surface area (Å²) in [5, 5.41) is 0. The highest BCUT2D eigenvalue weighted by molar-refractivity contribution is 5.77. The van der Waals surface area contributed by atoms with Gasteiger partial charge in [-0.2, -0.15) is 0 Å². The Morgan fingerprint density at radius 1 is 1.33 bits per heavy atom. The monoisotopic (exact) mass is 254 g/mol. The van der Waals surface area contributed by atoms with E-state index in [0.29, 0.717) is 24.3 Å². The van der Waals surface area contributed by atoms with Gasteiger partial charge in [-0.1, -0.05) is 34.6 Å². The normalized spacial score (nSPS) is 31.3. The van der Waals surface area contributed by atoms with Crippen LogP contribution in [0.3, 0.4) is 0 Å². The Morgan fingerprint density at radius 2 is 1.89 bits per heavy atom. The summed E-state index contributed by atoms with van der Waals surface area (Å²) < 4.78 is 0. The van der Waals surface area contributed by atoms with Gasteiger partial charge in [0.1, 0.15) is 0 Å². The minimum absolute atomic E-state index is 0.00802. The van der Waals surface area contributed by atoms with Crippen LogP contribution in [0.1, 0.15) is 54.4 Å². The quantitative estimate of drug-likeness (QED) is 0.823. The van der Waals surface area contributed by atoms with Gasteiger partial charge in [0, 0.05) is 25.0 Å². The zero-order chi connectivity index (χ0) is 14.1. The van der Waals surface area contributed by atoms with Gasteiger partial charge in [0.15, 0.2) is 0 Å². The zero-order valence-electron chi connectivity index (χ0n) is 12.9. The fourth-order valence-electron chi connectivity index (χ4n) is 2.66. The van der Waals surface area contributed by atoms with Gasteiger partial charge < -0.3 is 10.6 Å². The standard InChI is InChI=1S/C15H30N2O/c1-10-7-11(2)12(3)17(9-10)14(18)8-13(16)15(4,5)6/h10-13H,7-9,16H2,1-6H3. The predicted octanol–water partition coefficient (Wildman–Crippen LogP) is 2.64. The maximum Gasteiger partial charge on any atom is 0.224 e. The Balaban J connectivity index is 2.65. The molecule has 0 spiro atoms. The van der Waals surface area contributed by atoms with Crippen molar-refractivity contribution in [2.24, 2.45) is 23.0 Å². The van der Waals surface area contributed by atoms with Crippen molar-refractivity contribution in [3.63, 3.8) is 0 Å². The van der Waals surface area contributed by atoms with E-state index in [1.807, 2.05) is 4.90 Å². The van der Waals surface area contributed by atoms with Crippen molar-refractivity contribution in [1.29, 1.82) is 0 Å². The molecule has 3 heteroatoms. The number of rotatable bonds is 2. The molecule has 1 aliphatic heterocycles. The minimum Gasteiger partial charge on any atom is -0.339 e. The molecule has 4 atom stereocenters. The third kappa shape index (κ3) is 3.71. The Kier molecular flexibility index (Phi) is 4.82. The van der Waals surface area contributed by atoms with Crippen molar-refractivity contribution < 1.29 is 4.79 Å². The van der Waals surface area contributed by atoms with E-state index in [1.54, 1.807) is 0 Å². The summed E-state index contributed by atoms with van der Waals surface area (Å²) in [6.45, 7) is 13.8. The summed E-state index contributed by atoms with van der Waals surface area (Å²) in [5.74, 6) is 1.41. The molecule has 0 aromatic carbocycles. The zero-order valence-corrected chi connectivity index (χ0v) is 12.9. The van der Waals surface area contributed by atoms with Crippen LogP contribution in [0.2, 0.25) is 0 Å². The highest BCUT2D eigenvalue weighted by atomic mass is 16.2. The van der Waals surface area contributed by atoms with Crippen LogP contribution in [0, 0.1) is 17.3 Å². The predicted molar refractivity (Wildman–Crippen MR) is 76.2 cm³/mol. The summed E-state index contributed by atoms with van der Waals surface area (Å²) in [6.07, 6.45) is 1.68. The first-order valence-corrected chi connectivity index (χ1v) is 7.18. The van der Waals surface area contributed by atoms with Gasteiger partial charge in [-0.15, -0.1) is 0 Å². The highest BCUT2D eigenvalue weighted by Crippen LogP contribution is 2.28. The van der Waals surface area contributed by atoms with Crippen LogP contribution in [0.4, 0.5) is 0 Å². The molecule has 1 rings (SSSR count). The maximum atomic E-state index is 12.4. The first-order chi connectivity index (χ1) is 8.12. The second-order valence-corrected chi connectivity index (χ2v) is 7.28. The van der Waals surface area contributed by atoms with Crippen LogP contribution in [0.25, 0.3) is 0 Å². The van der Waals surface area contributed by atoms with Gasteiger partial charge in [0.2, 0.25) is 5.91 Å². The average molecular weight is 254 g/mol. The third-order valence-electron chi connectivity index (χ3n) is 4.42. The Labute approximate surface area is 112 Å². The molecule has 2 N–H and O–H groups in total. The number of likely N-dealkylation sites (tertiary alicyclic amines) is 1. The first-order valence-electron chi connectivity index (χ1n) is 7.18. The van der Waals surface area contributed by atoms with Crippen molar-refractivity contribution in [2.45, 2.75) is 66.5 Å². The summed E-state index contributed by atoms with van der Waals surface area (Å²) in [4.78, 5) is 14.4. The van der Waals surface area contributed by atoms with E-state index in [-0.39, 0.29) is 17.4 Å². The van der Waals surface area contributed by atoms with Gasteiger partial charge in [-0.3, -0.25) is 4.79 Å². The SMILES string of the molecule is CC1CC(C)C(C)N(C(=O)CC(N)C(C)(C)C)C1. The smallest absolute Gasteiger partial charge is 0.224 e. The molecule has 0 aromatic heterocycles.